The molecule has 7 heteroatoms. The summed E-state index contributed by atoms with van der Waals surface area (Å²) in [6, 6.07) is 0. The lowest BCUT2D eigenvalue weighted by Crippen LogP contribution is -2.67. The number of carbonyl (C=O) groups excluding carboxylic acids is 2. The van der Waals surface area contributed by atoms with Crippen molar-refractivity contribution in [1.29, 1.82) is 0 Å². The van der Waals surface area contributed by atoms with E-state index in [1.165, 1.54) is 12.5 Å². The lowest BCUT2D eigenvalue weighted by molar-refractivity contribution is -0.252. The number of esters is 2. The predicted molar refractivity (Wildman–Crippen MR) is 161 cm³/mol. The van der Waals surface area contributed by atoms with Gasteiger partial charge >= 0.3 is 17.9 Å². The molecule has 7 nitrogen and oxygen atoms in total. The van der Waals surface area contributed by atoms with E-state index in [0.29, 0.717) is 18.8 Å². The molecule has 4 aliphatic carbocycles. The molecule has 0 amide bonds. The van der Waals surface area contributed by atoms with Crippen molar-refractivity contribution in [2.75, 3.05) is 0 Å². The molecule has 42 heavy (non-hydrogen) atoms. The normalized spacial score (nSPS) is 41.8. The number of carbonyl (C=O) groups is 3. The molecule has 0 aliphatic heterocycles. The molecule has 238 valence electrons. The number of carboxylic acid groups (broad SMARTS) is 1. The molecular weight excluding hydrogens is 532 g/mol. The number of carboxylic acids is 1. The number of rotatable bonds is 8. The van der Waals surface area contributed by atoms with E-state index in [4.69, 9.17) is 14.6 Å². The zero-order valence-electron chi connectivity index (χ0n) is 27.5. The summed E-state index contributed by atoms with van der Waals surface area (Å²) in [5.74, 6) is -1.36. The Morgan fingerprint density at radius 2 is 1.55 bits per heavy atom. The second-order valence-electron chi connectivity index (χ2n) is 16.1. The Hall–Kier alpha value is -1.89. The lowest BCUT2D eigenvalue weighted by Gasteiger charge is -2.70. The van der Waals surface area contributed by atoms with Crippen molar-refractivity contribution in [2.24, 2.45) is 45.3 Å². The van der Waals surface area contributed by atoms with Gasteiger partial charge in [0, 0.05) is 18.3 Å². The number of aliphatic hydroxyl groups is 1. The number of allylic oxidation sites excluding steroid dienone is 2. The minimum absolute atomic E-state index is 0.00715. The summed E-state index contributed by atoms with van der Waals surface area (Å²) in [7, 11) is 0. The minimum Gasteiger partial charge on any atom is -0.481 e. The van der Waals surface area contributed by atoms with Crippen molar-refractivity contribution >= 4 is 17.9 Å². The molecule has 0 heterocycles. The summed E-state index contributed by atoms with van der Waals surface area (Å²) in [6.07, 6.45) is 8.86. The third-order valence-electron chi connectivity index (χ3n) is 13.2. The molecule has 0 bridgehead atoms. The predicted octanol–water partition coefficient (Wildman–Crippen LogP) is 7.10. The summed E-state index contributed by atoms with van der Waals surface area (Å²) in [4.78, 5) is 36.1. The van der Waals surface area contributed by atoms with Gasteiger partial charge in [-0.15, -0.1) is 0 Å². The third-order valence-corrected chi connectivity index (χ3v) is 13.2. The summed E-state index contributed by atoms with van der Waals surface area (Å²) >= 11 is 0. The Morgan fingerprint density at radius 1 is 0.905 bits per heavy atom. The number of hydrogen-bond donors (Lipinski definition) is 2. The van der Waals surface area contributed by atoms with Gasteiger partial charge in [-0.1, -0.05) is 46.3 Å². The maximum atomic E-state index is 12.6. The monoisotopic (exact) mass is 588 g/mol. The maximum absolute atomic E-state index is 12.6. The van der Waals surface area contributed by atoms with Gasteiger partial charge in [-0.3, -0.25) is 14.4 Å². The van der Waals surface area contributed by atoms with Crippen molar-refractivity contribution in [3.63, 3.8) is 0 Å². The van der Waals surface area contributed by atoms with Gasteiger partial charge in [-0.25, -0.2) is 0 Å². The van der Waals surface area contributed by atoms with Crippen LogP contribution in [-0.2, 0) is 23.9 Å². The van der Waals surface area contributed by atoms with Gasteiger partial charge in [-0.05, 0) is 113 Å². The highest BCUT2D eigenvalue weighted by Gasteiger charge is 2.72. The first-order chi connectivity index (χ1) is 19.3. The first kappa shape index (κ1) is 33.0. The van der Waals surface area contributed by atoms with E-state index in [1.54, 1.807) is 0 Å². The fourth-order valence-electron chi connectivity index (χ4n) is 11.1. The molecule has 0 aromatic carbocycles. The van der Waals surface area contributed by atoms with Crippen LogP contribution in [0.2, 0.25) is 0 Å². The second-order valence-corrected chi connectivity index (χ2v) is 16.1. The Morgan fingerprint density at radius 3 is 2.14 bits per heavy atom. The van der Waals surface area contributed by atoms with Gasteiger partial charge in [0.15, 0.2) is 0 Å². The summed E-state index contributed by atoms with van der Waals surface area (Å²) in [5, 5.41) is 21.0. The molecule has 4 aliphatic rings. The molecule has 0 aromatic rings. The quantitative estimate of drug-likeness (QED) is 0.177. The van der Waals surface area contributed by atoms with Crippen molar-refractivity contribution in [1.82, 2.24) is 0 Å². The summed E-state index contributed by atoms with van der Waals surface area (Å²) in [5.41, 5.74) is -0.0480. The van der Waals surface area contributed by atoms with Crippen molar-refractivity contribution < 1.29 is 34.1 Å². The number of ether oxygens (including phenoxy) is 2. The molecule has 4 fully saturated rings. The Bertz CT molecular complexity index is 1100. The van der Waals surface area contributed by atoms with Gasteiger partial charge < -0.3 is 19.7 Å². The zero-order valence-corrected chi connectivity index (χ0v) is 27.5. The first-order valence-corrected chi connectivity index (χ1v) is 16.2. The average molecular weight is 589 g/mol. The SMILES string of the molecule is CC(=O)OC1CC2C3(C)CC[C@@H](OC(=O)CC(=O)O)C(C)(C)C3CCC2(C)C2(C)CCC(C(C)(O)CCC=C(C)C)C12. The fraction of sp³-hybridized carbons (Fsp3) is 0.857. The van der Waals surface area contributed by atoms with Gasteiger partial charge in [0.05, 0.1) is 5.60 Å². The van der Waals surface area contributed by atoms with E-state index >= 15 is 0 Å². The highest BCUT2D eigenvalue weighted by atomic mass is 16.5. The number of fused-ring (bicyclic) bond motifs is 5. The van der Waals surface area contributed by atoms with Crippen molar-refractivity contribution in [3.05, 3.63) is 11.6 Å². The van der Waals surface area contributed by atoms with Crippen LogP contribution in [0, 0.1) is 45.3 Å². The standard InChI is InChI=1S/C35H56O7/c1-21(2)11-10-15-35(9,40)23-12-17-34(8)30(23)24(41-22(3)36)19-26-32(6)16-14-27(42-29(39)20-28(37)38)31(4,5)25(32)13-18-33(26,34)7/h11,23-27,30,40H,10,12-20H2,1-9H3,(H,37,38)/t23?,24?,25?,26?,27-,30?,32?,33?,34?,35?/m1/s1. The van der Waals surface area contributed by atoms with Crippen LogP contribution in [-0.4, -0.2) is 45.9 Å². The van der Waals surface area contributed by atoms with Crippen LogP contribution in [0.3, 0.4) is 0 Å². The molecule has 4 saturated carbocycles. The Kier molecular flexibility index (Phi) is 8.83. The topological polar surface area (TPSA) is 110 Å². The number of hydrogen-bond acceptors (Lipinski definition) is 6. The highest BCUT2D eigenvalue weighted by molar-refractivity contribution is 5.90. The van der Waals surface area contributed by atoms with Crippen LogP contribution in [0.4, 0.5) is 0 Å². The Balaban J connectivity index is 1.68. The highest BCUT2D eigenvalue weighted by Crippen LogP contribution is 2.76. The fourth-order valence-corrected chi connectivity index (χ4v) is 11.1. The van der Waals surface area contributed by atoms with Crippen LogP contribution >= 0.6 is 0 Å². The second kappa shape index (κ2) is 11.2. The summed E-state index contributed by atoms with van der Waals surface area (Å²) in [6.45, 7) is 19.3. The molecule has 9 unspecified atom stereocenters. The van der Waals surface area contributed by atoms with Crippen molar-refractivity contribution in [2.45, 2.75) is 144 Å². The van der Waals surface area contributed by atoms with Gasteiger partial charge in [0.1, 0.15) is 18.6 Å². The van der Waals surface area contributed by atoms with E-state index in [1.807, 2.05) is 6.92 Å². The molecular formula is C35H56O7. The molecule has 10 atom stereocenters. The van der Waals surface area contributed by atoms with Gasteiger partial charge in [0.25, 0.3) is 0 Å². The number of aliphatic carboxylic acids is 1. The van der Waals surface area contributed by atoms with Crippen LogP contribution in [0.1, 0.15) is 127 Å². The molecule has 2 N–H and O–H groups in total. The van der Waals surface area contributed by atoms with E-state index in [2.05, 4.69) is 54.5 Å². The zero-order chi connectivity index (χ0) is 31.5. The van der Waals surface area contributed by atoms with Crippen LogP contribution in [0.5, 0.6) is 0 Å². The molecule has 0 spiro atoms. The smallest absolute Gasteiger partial charge is 0.317 e. The maximum Gasteiger partial charge on any atom is 0.317 e. The van der Waals surface area contributed by atoms with Crippen molar-refractivity contribution in [3.8, 4) is 0 Å². The van der Waals surface area contributed by atoms with Gasteiger partial charge in [0.2, 0.25) is 0 Å². The molecule has 4 rings (SSSR count). The lowest BCUT2D eigenvalue weighted by atomic mass is 9.35. The minimum atomic E-state index is -1.17. The van der Waals surface area contributed by atoms with E-state index in [9.17, 15) is 19.5 Å². The van der Waals surface area contributed by atoms with Crippen LogP contribution in [0.25, 0.3) is 0 Å². The largest absolute Gasteiger partial charge is 0.481 e. The van der Waals surface area contributed by atoms with Crippen LogP contribution < -0.4 is 0 Å². The van der Waals surface area contributed by atoms with E-state index < -0.39 is 24.0 Å². The molecule has 0 saturated heterocycles. The van der Waals surface area contributed by atoms with E-state index in [0.717, 1.165) is 44.9 Å². The Labute approximate surface area is 253 Å². The van der Waals surface area contributed by atoms with Gasteiger partial charge in [-0.2, -0.15) is 0 Å². The first-order valence-electron chi connectivity index (χ1n) is 16.2. The van der Waals surface area contributed by atoms with Crippen LogP contribution in [0.15, 0.2) is 11.6 Å². The summed E-state index contributed by atoms with van der Waals surface area (Å²) < 4.78 is 12.0. The van der Waals surface area contributed by atoms with E-state index in [-0.39, 0.29) is 57.6 Å². The average Bonchev–Trinajstić information content (AvgIpc) is 3.21. The third kappa shape index (κ3) is 5.45. The molecule has 0 aromatic heterocycles. The molecule has 0 radical (unpaired) electrons.